The molecule has 0 aliphatic carbocycles. The van der Waals surface area contributed by atoms with Gasteiger partial charge < -0.3 is 4.90 Å². The van der Waals surface area contributed by atoms with Crippen LogP contribution in [0.15, 0.2) is 54.7 Å². The maximum Gasteiger partial charge on any atom is 0.123 e. The van der Waals surface area contributed by atoms with E-state index in [9.17, 15) is 4.39 Å². The molecule has 0 spiro atoms. The van der Waals surface area contributed by atoms with Crippen LogP contribution in [0.2, 0.25) is 0 Å². The molecule has 0 aliphatic rings. The number of fused-ring (bicyclic) bond motifs is 1. The van der Waals surface area contributed by atoms with Gasteiger partial charge in [-0.3, -0.25) is 4.98 Å². The van der Waals surface area contributed by atoms with Crippen LogP contribution in [0.5, 0.6) is 0 Å². The largest absolute Gasteiger partial charge is 0.304 e. The first-order valence-corrected chi connectivity index (χ1v) is 9.06. The molecule has 0 amide bonds. The lowest BCUT2D eigenvalue weighted by atomic mass is 10.0. The molecule has 5 heteroatoms. The third kappa shape index (κ3) is 6.17. The van der Waals surface area contributed by atoms with E-state index in [1.807, 2.05) is 12.3 Å². The molecule has 3 rings (SSSR count). The van der Waals surface area contributed by atoms with Crippen molar-refractivity contribution in [3.8, 4) is 11.1 Å². The zero-order valence-corrected chi connectivity index (χ0v) is 17.5. The summed E-state index contributed by atoms with van der Waals surface area (Å²) < 4.78 is 13.4. The second-order valence-electron chi connectivity index (χ2n) is 6.39. The monoisotopic (exact) mass is 408 g/mol. The molecule has 0 fully saturated rings. The quantitative estimate of drug-likeness (QED) is 0.465. The van der Waals surface area contributed by atoms with Gasteiger partial charge in [-0.1, -0.05) is 38.1 Å². The van der Waals surface area contributed by atoms with E-state index >= 15 is 0 Å². The summed E-state index contributed by atoms with van der Waals surface area (Å²) in [6, 6.07) is 15.2. The highest BCUT2D eigenvalue weighted by molar-refractivity contribution is 5.86. The Morgan fingerprint density at radius 3 is 2.41 bits per heavy atom. The molecule has 0 saturated carbocycles. The molecule has 27 heavy (non-hydrogen) atoms. The maximum absolute atomic E-state index is 13.4. The van der Waals surface area contributed by atoms with Crippen molar-refractivity contribution in [3.05, 3.63) is 66.1 Å². The minimum absolute atomic E-state index is 0. The number of hydrogen-bond donors (Lipinski definition) is 0. The molecule has 0 radical (unpaired) electrons. The predicted molar refractivity (Wildman–Crippen MR) is 118 cm³/mol. The van der Waals surface area contributed by atoms with Crippen molar-refractivity contribution < 1.29 is 4.39 Å². The molecule has 3 aromatic rings. The lowest BCUT2D eigenvalue weighted by molar-refractivity contribution is 0.300. The molecule has 2 nitrogen and oxygen atoms in total. The Hall–Kier alpha value is -1.68. The van der Waals surface area contributed by atoms with Gasteiger partial charge in [-0.25, -0.2) is 4.39 Å². The summed E-state index contributed by atoms with van der Waals surface area (Å²) in [4.78, 5) is 7.04. The van der Waals surface area contributed by atoms with Crippen molar-refractivity contribution >= 4 is 35.7 Å². The number of aryl methyl sites for hydroxylation is 1. The van der Waals surface area contributed by atoms with Crippen molar-refractivity contribution in [2.24, 2.45) is 0 Å². The molecule has 0 N–H and O–H groups in total. The summed E-state index contributed by atoms with van der Waals surface area (Å²) >= 11 is 0. The normalized spacial score (nSPS) is 10.5. The Kier molecular flexibility index (Phi) is 9.71. The van der Waals surface area contributed by atoms with Gasteiger partial charge in [0.25, 0.3) is 0 Å². The Balaban J connectivity index is 0.00000182. The molecule has 0 unspecified atom stereocenters. The van der Waals surface area contributed by atoms with Crippen LogP contribution in [0.4, 0.5) is 4.39 Å². The van der Waals surface area contributed by atoms with Crippen LogP contribution in [-0.2, 0) is 6.42 Å². The van der Waals surface area contributed by atoms with Crippen LogP contribution in [0.25, 0.3) is 22.0 Å². The fourth-order valence-corrected chi connectivity index (χ4v) is 3.20. The molecular weight excluding hydrogens is 382 g/mol. The number of rotatable bonds is 7. The van der Waals surface area contributed by atoms with Crippen LogP contribution in [0.3, 0.4) is 0 Å². The summed E-state index contributed by atoms with van der Waals surface area (Å²) in [5.74, 6) is -0.221. The van der Waals surface area contributed by atoms with Crippen molar-refractivity contribution in [1.29, 1.82) is 0 Å². The summed E-state index contributed by atoms with van der Waals surface area (Å²) in [6.07, 6.45) is 4.06. The van der Waals surface area contributed by atoms with Gasteiger partial charge in [0.05, 0.1) is 5.52 Å². The fourth-order valence-electron chi connectivity index (χ4n) is 3.20. The molecule has 1 heterocycles. The van der Waals surface area contributed by atoms with E-state index in [1.165, 1.54) is 11.6 Å². The Bertz CT molecular complexity index is 851. The summed E-state index contributed by atoms with van der Waals surface area (Å²) in [5.41, 5.74) is 4.13. The van der Waals surface area contributed by atoms with Crippen LogP contribution in [0, 0.1) is 5.82 Å². The van der Waals surface area contributed by atoms with E-state index in [1.54, 1.807) is 12.1 Å². The van der Waals surface area contributed by atoms with Crippen LogP contribution >= 0.6 is 24.8 Å². The van der Waals surface area contributed by atoms with E-state index in [-0.39, 0.29) is 30.6 Å². The number of halogens is 3. The second-order valence-corrected chi connectivity index (χ2v) is 6.39. The number of benzene rings is 2. The van der Waals surface area contributed by atoms with Gasteiger partial charge in [-0.05, 0) is 67.9 Å². The zero-order valence-electron chi connectivity index (χ0n) is 15.8. The highest BCUT2D eigenvalue weighted by Crippen LogP contribution is 2.24. The van der Waals surface area contributed by atoms with Gasteiger partial charge in [0.15, 0.2) is 0 Å². The number of aromatic nitrogens is 1. The van der Waals surface area contributed by atoms with Gasteiger partial charge in [0, 0.05) is 17.1 Å². The van der Waals surface area contributed by atoms with E-state index in [0.717, 1.165) is 54.5 Å². The van der Waals surface area contributed by atoms with Crippen molar-refractivity contribution in [1.82, 2.24) is 9.88 Å². The molecule has 0 bridgehead atoms. The van der Waals surface area contributed by atoms with E-state index in [4.69, 9.17) is 0 Å². The van der Waals surface area contributed by atoms with Gasteiger partial charge in [-0.2, -0.15) is 0 Å². The van der Waals surface area contributed by atoms with E-state index in [2.05, 4.69) is 48.0 Å². The molecule has 146 valence electrons. The second kappa shape index (κ2) is 11.2. The molecular formula is C22H27Cl2FN2. The van der Waals surface area contributed by atoms with Crippen molar-refractivity contribution in [3.63, 3.8) is 0 Å². The Morgan fingerprint density at radius 1 is 0.926 bits per heavy atom. The third-order valence-electron chi connectivity index (χ3n) is 4.74. The standard InChI is InChI=1S/C22H25FN2.2ClH/c1-3-25(4-2)12-6-7-17-10-11-19-14-20(16-24-22(19)13-17)18-8-5-9-21(23)15-18;;/h5,8-11,13-16H,3-4,6-7,12H2,1-2H3;2*1H. The molecule has 2 aromatic carbocycles. The van der Waals surface area contributed by atoms with Crippen molar-refractivity contribution in [2.45, 2.75) is 26.7 Å². The highest BCUT2D eigenvalue weighted by Gasteiger charge is 2.04. The van der Waals surface area contributed by atoms with Crippen LogP contribution < -0.4 is 0 Å². The number of hydrogen-bond acceptors (Lipinski definition) is 2. The maximum atomic E-state index is 13.4. The van der Waals surface area contributed by atoms with Gasteiger partial charge in [-0.15, -0.1) is 24.8 Å². The minimum atomic E-state index is -0.221. The third-order valence-corrected chi connectivity index (χ3v) is 4.74. The van der Waals surface area contributed by atoms with Gasteiger partial charge >= 0.3 is 0 Å². The van der Waals surface area contributed by atoms with Crippen LogP contribution in [0.1, 0.15) is 25.8 Å². The zero-order chi connectivity index (χ0) is 17.6. The molecule has 1 aromatic heterocycles. The first-order chi connectivity index (χ1) is 12.2. The fraction of sp³-hybridized carbons (Fsp3) is 0.318. The highest BCUT2D eigenvalue weighted by atomic mass is 35.5. The lowest BCUT2D eigenvalue weighted by Crippen LogP contribution is -2.24. The predicted octanol–water partition coefficient (Wildman–Crippen LogP) is 6.16. The van der Waals surface area contributed by atoms with Crippen molar-refractivity contribution in [2.75, 3.05) is 19.6 Å². The Morgan fingerprint density at radius 2 is 1.70 bits per heavy atom. The average molecular weight is 409 g/mol. The minimum Gasteiger partial charge on any atom is -0.304 e. The SMILES string of the molecule is CCN(CC)CCCc1ccc2cc(-c3cccc(F)c3)cnc2c1.Cl.Cl. The lowest BCUT2D eigenvalue weighted by Gasteiger charge is -2.17. The van der Waals surface area contributed by atoms with E-state index in [0.29, 0.717) is 0 Å². The Labute approximate surface area is 173 Å². The van der Waals surface area contributed by atoms with Crippen LogP contribution in [-0.4, -0.2) is 29.5 Å². The summed E-state index contributed by atoms with van der Waals surface area (Å²) in [6.45, 7) is 7.77. The molecule has 0 atom stereocenters. The summed E-state index contributed by atoms with van der Waals surface area (Å²) in [5, 5.41) is 1.09. The van der Waals surface area contributed by atoms with Gasteiger partial charge in [0.2, 0.25) is 0 Å². The molecule has 0 saturated heterocycles. The first kappa shape index (κ1) is 23.4. The average Bonchev–Trinajstić information content (AvgIpc) is 2.65. The van der Waals surface area contributed by atoms with E-state index < -0.39 is 0 Å². The summed E-state index contributed by atoms with van der Waals surface area (Å²) in [7, 11) is 0. The number of pyridine rings is 1. The number of nitrogens with zero attached hydrogens (tertiary/aromatic N) is 2. The topological polar surface area (TPSA) is 16.1 Å². The molecule has 0 aliphatic heterocycles. The van der Waals surface area contributed by atoms with Gasteiger partial charge in [0.1, 0.15) is 5.82 Å². The smallest absolute Gasteiger partial charge is 0.123 e. The first-order valence-electron chi connectivity index (χ1n) is 9.06.